The van der Waals surface area contributed by atoms with Gasteiger partial charge in [0.25, 0.3) is 5.91 Å². The molecule has 0 heterocycles. The van der Waals surface area contributed by atoms with Gasteiger partial charge in [-0.3, -0.25) is 4.79 Å². The molecular formula is C13H20N4O2. The van der Waals surface area contributed by atoms with Gasteiger partial charge in [-0.25, -0.2) is 4.79 Å². The van der Waals surface area contributed by atoms with Crippen molar-refractivity contribution in [2.24, 2.45) is 0 Å². The molecule has 0 aliphatic carbocycles. The average Bonchev–Trinajstić information content (AvgIpc) is 2.42. The molecule has 19 heavy (non-hydrogen) atoms. The van der Waals surface area contributed by atoms with Crippen LogP contribution in [0.1, 0.15) is 10.4 Å². The van der Waals surface area contributed by atoms with Crippen molar-refractivity contribution in [2.45, 2.75) is 0 Å². The van der Waals surface area contributed by atoms with Gasteiger partial charge in [-0.2, -0.15) is 0 Å². The van der Waals surface area contributed by atoms with E-state index in [9.17, 15) is 9.59 Å². The molecule has 0 bridgehead atoms. The van der Waals surface area contributed by atoms with Gasteiger partial charge in [0.1, 0.15) is 0 Å². The number of nitrogens with zero attached hydrogens (tertiary/aromatic N) is 1. The molecule has 0 atom stereocenters. The highest BCUT2D eigenvalue weighted by Crippen LogP contribution is 2.13. The van der Waals surface area contributed by atoms with Crippen molar-refractivity contribution in [3.05, 3.63) is 29.8 Å². The normalized spacial score (nSPS) is 9.63. The van der Waals surface area contributed by atoms with Gasteiger partial charge in [0.2, 0.25) is 0 Å². The van der Waals surface area contributed by atoms with Gasteiger partial charge in [-0.05, 0) is 12.1 Å². The molecule has 3 N–H and O–H groups in total. The molecule has 0 aliphatic rings. The molecule has 0 aliphatic heterocycles. The van der Waals surface area contributed by atoms with Crippen molar-refractivity contribution in [3.63, 3.8) is 0 Å². The summed E-state index contributed by atoms with van der Waals surface area (Å²) >= 11 is 0. The molecule has 0 radical (unpaired) electrons. The maximum atomic E-state index is 11.9. The second-order valence-electron chi connectivity index (χ2n) is 4.18. The summed E-state index contributed by atoms with van der Waals surface area (Å²) in [5.41, 5.74) is 1.36. The quantitative estimate of drug-likeness (QED) is 0.686. The number of rotatable bonds is 5. The van der Waals surface area contributed by atoms with Crippen LogP contribution in [-0.4, -0.2) is 51.1 Å². The Labute approximate surface area is 113 Å². The first-order valence-electron chi connectivity index (χ1n) is 6.06. The molecule has 104 valence electrons. The number of nitrogens with one attached hydrogen (secondary N) is 3. The lowest BCUT2D eigenvalue weighted by molar-refractivity contribution is 0.0954. The van der Waals surface area contributed by atoms with Crippen LogP contribution in [-0.2, 0) is 0 Å². The third-order valence-electron chi connectivity index (χ3n) is 2.53. The Bertz CT molecular complexity index is 446. The lowest BCUT2D eigenvalue weighted by Crippen LogP contribution is -2.39. The van der Waals surface area contributed by atoms with Crippen LogP contribution in [0.3, 0.4) is 0 Å². The Morgan fingerprint density at radius 2 is 1.74 bits per heavy atom. The van der Waals surface area contributed by atoms with E-state index >= 15 is 0 Å². The number of para-hydroxylation sites is 1. The van der Waals surface area contributed by atoms with E-state index in [1.54, 1.807) is 27.2 Å². The van der Waals surface area contributed by atoms with Crippen molar-refractivity contribution < 1.29 is 9.59 Å². The first-order valence-corrected chi connectivity index (χ1v) is 6.06. The van der Waals surface area contributed by atoms with Crippen LogP contribution in [0.15, 0.2) is 24.3 Å². The Kier molecular flexibility index (Phi) is 5.66. The monoisotopic (exact) mass is 264 g/mol. The summed E-state index contributed by atoms with van der Waals surface area (Å²) < 4.78 is 0. The van der Waals surface area contributed by atoms with Crippen LogP contribution in [0.5, 0.6) is 0 Å². The van der Waals surface area contributed by atoms with Gasteiger partial charge in [-0.1, -0.05) is 12.1 Å². The lowest BCUT2D eigenvalue weighted by atomic mass is 10.1. The molecule has 1 aromatic carbocycles. The van der Waals surface area contributed by atoms with E-state index < -0.39 is 0 Å². The smallest absolute Gasteiger partial charge is 0.316 e. The van der Waals surface area contributed by atoms with E-state index in [2.05, 4.69) is 16.0 Å². The number of hydrogen-bond donors (Lipinski definition) is 3. The van der Waals surface area contributed by atoms with E-state index in [-0.39, 0.29) is 11.9 Å². The first-order chi connectivity index (χ1) is 9.06. The molecule has 0 fully saturated rings. The molecule has 1 aromatic rings. The molecule has 0 saturated heterocycles. The number of amides is 3. The Hall–Kier alpha value is -2.24. The minimum Gasteiger partial charge on any atom is -0.387 e. The fraction of sp³-hybridized carbons (Fsp3) is 0.385. The zero-order chi connectivity index (χ0) is 14.3. The summed E-state index contributed by atoms with van der Waals surface area (Å²) in [4.78, 5) is 24.6. The van der Waals surface area contributed by atoms with Crippen LogP contribution in [0.25, 0.3) is 0 Å². The fourth-order valence-electron chi connectivity index (χ4n) is 1.50. The van der Waals surface area contributed by atoms with Crippen molar-refractivity contribution in [1.29, 1.82) is 0 Å². The maximum absolute atomic E-state index is 11.9. The molecule has 0 unspecified atom stereocenters. The first kappa shape index (κ1) is 14.8. The summed E-state index contributed by atoms with van der Waals surface area (Å²) in [6.07, 6.45) is 0. The van der Waals surface area contributed by atoms with Gasteiger partial charge < -0.3 is 20.9 Å². The minimum atomic E-state index is -0.176. The Morgan fingerprint density at radius 3 is 2.37 bits per heavy atom. The fourth-order valence-corrected chi connectivity index (χ4v) is 1.50. The highest BCUT2D eigenvalue weighted by atomic mass is 16.2. The maximum Gasteiger partial charge on any atom is 0.316 e. The third-order valence-corrected chi connectivity index (χ3v) is 2.53. The highest BCUT2D eigenvalue weighted by molar-refractivity contribution is 5.99. The molecule has 1 rings (SSSR count). The van der Waals surface area contributed by atoms with Gasteiger partial charge in [-0.15, -0.1) is 0 Å². The molecule has 0 aromatic heterocycles. The van der Waals surface area contributed by atoms with Gasteiger partial charge in [0.05, 0.1) is 5.56 Å². The summed E-state index contributed by atoms with van der Waals surface area (Å²) in [7, 11) is 5.09. The van der Waals surface area contributed by atoms with E-state index in [0.717, 1.165) is 5.69 Å². The standard InChI is InChI=1S/C13H20N4O2/c1-14-11-7-5-4-6-10(11)12(18)15-8-9-16-13(19)17(2)3/h4-7,14H,8-9H2,1-3H3,(H,15,18)(H,16,19). The van der Waals surface area contributed by atoms with E-state index in [0.29, 0.717) is 18.7 Å². The van der Waals surface area contributed by atoms with Crippen LogP contribution in [0, 0.1) is 0 Å². The van der Waals surface area contributed by atoms with Crippen molar-refractivity contribution in [2.75, 3.05) is 39.5 Å². The molecule has 6 heteroatoms. The third kappa shape index (κ3) is 4.50. The van der Waals surface area contributed by atoms with E-state index in [1.165, 1.54) is 4.90 Å². The number of carbonyl (C=O) groups excluding carboxylic acids is 2. The van der Waals surface area contributed by atoms with Crippen LogP contribution in [0.4, 0.5) is 10.5 Å². The van der Waals surface area contributed by atoms with E-state index in [4.69, 9.17) is 0 Å². The summed E-state index contributed by atoms with van der Waals surface area (Å²) in [6, 6.07) is 7.08. The minimum absolute atomic E-state index is 0.163. The highest BCUT2D eigenvalue weighted by Gasteiger charge is 2.09. The SMILES string of the molecule is CNc1ccccc1C(=O)NCCNC(=O)N(C)C. The predicted octanol–water partition coefficient (Wildman–Crippen LogP) is 0.729. The second kappa shape index (κ2) is 7.25. The summed E-state index contributed by atoms with van der Waals surface area (Å²) in [5.74, 6) is -0.163. The number of hydrogen-bond acceptors (Lipinski definition) is 3. The summed E-state index contributed by atoms with van der Waals surface area (Å²) in [6.45, 7) is 0.779. The molecular weight excluding hydrogens is 244 g/mol. The topological polar surface area (TPSA) is 73.5 Å². The van der Waals surface area contributed by atoms with Gasteiger partial charge >= 0.3 is 6.03 Å². The van der Waals surface area contributed by atoms with Crippen molar-refractivity contribution in [3.8, 4) is 0 Å². The molecule has 6 nitrogen and oxygen atoms in total. The average molecular weight is 264 g/mol. The Balaban J connectivity index is 2.41. The molecule has 0 saturated carbocycles. The Morgan fingerprint density at radius 1 is 1.11 bits per heavy atom. The number of urea groups is 1. The number of anilines is 1. The predicted molar refractivity (Wildman–Crippen MR) is 75.4 cm³/mol. The number of benzene rings is 1. The summed E-state index contributed by atoms with van der Waals surface area (Å²) in [5, 5.41) is 8.39. The molecule has 3 amide bonds. The van der Waals surface area contributed by atoms with Crippen molar-refractivity contribution in [1.82, 2.24) is 15.5 Å². The van der Waals surface area contributed by atoms with Gasteiger partial charge in [0, 0.05) is 39.9 Å². The van der Waals surface area contributed by atoms with E-state index in [1.807, 2.05) is 18.2 Å². The molecule has 0 spiro atoms. The second-order valence-corrected chi connectivity index (χ2v) is 4.18. The van der Waals surface area contributed by atoms with Crippen LogP contribution >= 0.6 is 0 Å². The number of carbonyl (C=O) groups is 2. The van der Waals surface area contributed by atoms with Crippen molar-refractivity contribution >= 4 is 17.6 Å². The lowest BCUT2D eigenvalue weighted by Gasteiger charge is -2.13. The largest absolute Gasteiger partial charge is 0.387 e. The zero-order valence-corrected chi connectivity index (χ0v) is 11.5. The zero-order valence-electron chi connectivity index (χ0n) is 11.5. The van der Waals surface area contributed by atoms with Crippen LogP contribution < -0.4 is 16.0 Å². The van der Waals surface area contributed by atoms with Crippen LogP contribution in [0.2, 0.25) is 0 Å². The van der Waals surface area contributed by atoms with Gasteiger partial charge in [0.15, 0.2) is 0 Å².